The first-order valence-electron chi connectivity index (χ1n) is 7.51. The van der Waals surface area contributed by atoms with E-state index in [1.807, 2.05) is 0 Å². The van der Waals surface area contributed by atoms with Crippen molar-refractivity contribution < 1.29 is 8.42 Å². The SMILES string of the molecule is O=S1(=O)CCCN(c2ccc(CNC3CC3)cc2Br)CC1. The van der Waals surface area contributed by atoms with Crippen LogP contribution in [0.2, 0.25) is 0 Å². The largest absolute Gasteiger partial charge is 0.370 e. The molecular formula is C15H21BrN2O2S. The third-order valence-corrected chi connectivity index (χ3v) is 6.43. The van der Waals surface area contributed by atoms with Gasteiger partial charge in [-0.05, 0) is 52.9 Å². The van der Waals surface area contributed by atoms with Crippen LogP contribution in [-0.2, 0) is 16.4 Å². The summed E-state index contributed by atoms with van der Waals surface area (Å²) in [6, 6.07) is 7.09. The molecule has 1 aliphatic carbocycles. The molecule has 0 spiro atoms. The molecule has 3 rings (SSSR count). The number of halogens is 1. The first-order valence-corrected chi connectivity index (χ1v) is 10.1. The van der Waals surface area contributed by atoms with Gasteiger partial charge in [0.1, 0.15) is 0 Å². The van der Waals surface area contributed by atoms with Gasteiger partial charge in [-0.3, -0.25) is 0 Å². The number of hydrogen-bond acceptors (Lipinski definition) is 4. The quantitative estimate of drug-likeness (QED) is 0.880. The Morgan fingerprint density at radius 1 is 1.24 bits per heavy atom. The molecule has 2 aliphatic rings. The minimum atomic E-state index is -2.86. The van der Waals surface area contributed by atoms with Crippen LogP contribution in [-0.4, -0.2) is 39.1 Å². The van der Waals surface area contributed by atoms with Crippen molar-refractivity contribution in [3.63, 3.8) is 0 Å². The molecule has 0 amide bonds. The van der Waals surface area contributed by atoms with Gasteiger partial charge in [0.15, 0.2) is 9.84 Å². The van der Waals surface area contributed by atoms with Crippen molar-refractivity contribution in [2.24, 2.45) is 0 Å². The van der Waals surface area contributed by atoms with Gasteiger partial charge in [-0.2, -0.15) is 0 Å². The summed E-state index contributed by atoms with van der Waals surface area (Å²) in [4.78, 5) is 2.17. The molecule has 1 aliphatic heterocycles. The number of anilines is 1. The van der Waals surface area contributed by atoms with Gasteiger partial charge in [0, 0.05) is 30.1 Å². The Hall–Kier alpha value is -0.590. The average molecular weight is 373 g/mol. The van der Waals surface area contributed by atoms with E-state index in [1.165, 1.54) is 18.4 Å². The maximum Gasteiger partial charge on any atom is 0.152 e. The predicted octanol–water partition coefficient (Wildman–Crippen LogP) is 2.33. The van der Waals surface area contributed by atoms with Crippen LogP contribution in [0.15, 0.2) is 22.7 Å². The van der Waals surface area contributed by atoms with Crippen molar-refractivity contribution in [3.05, 3.63) is 28.2 Å². The number of rotatable bonds is 4. The fourth-order valence-corrected chi connectivity index (χ4v) is 4.59. The first kappa shape index (κ1) is 15.3. The Bertz CT molecular complexity index is 614. The van der Waals surface area contributed by atoms with Crippen LogP contribution in [0.25, 0.3) is 0 Å². The van der Waals surface area contributed by atoms with Crippen molar-refractivity contribution in [1.29, 1.82) is 0 Å². The lowest BCUT2D eigenvalue weighted by Crippen LogP contribution is -2.27. The molecule has 1 N–H and O–H groups in total. The van der Waals surface area contributed by atoms with Crippen LogP contribution in [0.5, 0.6) is 0 Å². The van der Waals surface area contributed by atoms with Crippen molar-refractivity contribution in [2.75, 3.05) is 29.5 Å². The second-order valence-electron chi connectivity index (χ2n) is 5.93. The molecule has 1 saturated carbocycles. The van der Waals surface area contributed by atoms with Crippen LogP contribution in [0.4, 0.5) is 5.69 Å². The summed E-state index contributed by atoms with van der Waals surface area (Å²) >= 11 is 3.64. The highest BCUT2D eigenvalue weighted by Gasteiger charge is 2.22. The van der Waals surface area contributed by atoms with E-state index in [0.29, 0.717) is 24.8 Å². The van der Waals surface area contributed by atoms with Crippen LogP contribution in [0.1, 0.15) is 24.8 Å². The lowest BCUT2D eigenvalue weighted by molar-refractivity contribution is 0.597. The Balaban J connectivity index is 1.69. The second kappa shape index (κ2) is 6.26. The highest BCUT2D eigenvalue weighted by Crippen LogP contribution is 2.29. The summed E-state index contributed by atoms with van der Waals surface area (Å²) < 4.78 is 24.4. The van der Waals surface area contributed by atoms with Gasteiger partial charge in [0.2, 0.25) is 0 Å². The third kappa shape index (κ3) is 4.20. The van der Waals surface area contributed by atoms with Gasteiger partial charge >= 0.3 is 0 Å². The first-order chi connectivity index (χ1) is 10.0. The molecule has 0 aromatic heterocycles. The minimum Gasteiger partial charge on any atom is -0.370 e. The standard InChI is InChI=1S/C15H21BrN2O2S/c16-14-10-12(11-17-13-3-4-13)2-5-15(14)18-6-1-8-21(19,20)9-7-18/h2,5,10,13,17H,1,3-4,6-9,11H2. The molecule has 0 unspecified atom stereocenters. The summed E-state index contributed by atoms with van der Waals surface area (Å²) in [5, 5.41) is 3.51. The molecular weight excluding hydrogens is 352 g/mol. The lowest BCUT2D eigenvalue weighted by Gasteiger charge is -2.24. The topological polar surface area (TPSA) is 49.4 Å². The molecule has 116 valence electrons. The highest BCUT2D eigenvalue weighted by molar-refractivity contribution is 9.10. The van der Waals surface area contributed by atoms with E-state index >= 15 is 0 Å². The number of nitrogens with zero attached hydrogens (tertiary/aromatic N) is 1. The molecule has 6 heteroatoms. The van der Waals surface area contributed by atoms with Crippen LogP contribution in [0, 0.1) is 0 Å². The van der Waals surface area contributed by atoms with Gasteiger partial charge in [0.05, 0.1) is 17.2 Å². The van der Waals surface area contributed by atoms with Gasteiger partial charge in [-0.1, -0.05) is 6.07 Å². The Morgan fingerprint density at radius 3 is 2.76 bits per heavy atom. The van der Waals surface area contributed by atoms with E-state index in [9.17, 15) is 8.42 Å². The van der Waals surface area contributed by atoms with Crippen molar-refractivity contribution in [1.82, 2.24) is 5.32 Å². The fraction of sp³-hybridized carbons (Fsp3) is 0.600. The molecule has 4 nitrogen and oxygen atoms in total. The fourth-order valence-electron chi connectivity index (χ4n) is 2.65. The predicted molar refractivity (Wildman–Crippen MR) is 89.5 cm³/mol. The zero-order chi connectivity index (χ0) is 14.9. The van der Waals surface area contributed by atoms with Crippen LogP contribution >= 0.6 is 15.9 Å². The zero-order valence-electron chi connectivity index (χ0n) is 12.0. The smallest absolute Gasteiger partial charge is 0.152 e. The molecule has 1 heterocycles. The average Bonchev–Trinajstić information content (AvgIpc) is 3.25. The normalized spacial score (nSPS) is 22.0. The summed E-state index contributed by atoms with van der Waals surface area (Å²) in [7, 11) is -2.86. The maximum absolute atomic E-state index is 11.7. The summed E-state index contributed by atoms with van der Waals surface area (Å²) in [5.74, 6) is 0.564. The molecule has 1 aromatic carbocycles. The van der Waals surface area contributed by atoms with E-state index in [4.69, 9.17) is 0 Å². The van der Waals surface area contributed by atoms with Crippen LogP contribution in [0.3, 0.4) is 0 Å². The van der Waals surface area contributed by atoms with Crippen molar-refractivity contribution in [2.45, 2.75) is 31.8 Å². The number of hydrogen-bond donors (Lipinski definition) is 1. The van der Waals surface area contributed by atoms with Crippen LogP contribution < -0.4 is 10.2 Å². The highest BCUT2D eigenvalue weighted by atomic mass is 79.9. The lowest BCUT2D eigenvalue weighted by atomic mass is 10.2. The molecule has 21 heavy (non-hydrogen) atoms. The Labute approximate surface area is 135 Å². The monoisotopic (exact) mass is 372 g/mol. The summed E-state index contributed by atoms with van der Waals surface area (Å²) in [6.07, 6.45) is 3.29. The number of nitrogens with one attached hydrogen (secondary N) is 1. The van der Waals surface area contributed by atoms with E-state index in [1.54, 1.807) is 0 Å². The maximum atomic E-state index is 11.7. The third-order valence-electron chi connectivity index (χ3n) is 4.08. The molecule has 1 saturated heterocycles. The van der Waals surface area contributed by atoms with E-state index < -0.39 is 9.84 Å². The molecule has 0 atom stereocenters. The number of benzene rings is 1. The van der Waals surface area contributed by atoms with E-state index in [2.05, 4.69) is 44.3 Å². The minimum absolute atomic E-state index is 0.254. The van der Waals surface area contributed by atoms with Gasteiger partial charge in [-0.15, -0.1) is 0 Å². The number of sulfone groups is 1. The molecule has 2 fully saturated rings. The van der Waals surface area contributed by atoms with Crippen molar-refractivity contribution in [3.8, 4) is 0 Å². The van der Waals surface area contributed by atoms with Gasteiger partial charge in [0.25, 0.3) is 0 Å². The van der Waals surface area contributed by atoms with Gasteiger partial charge < -0.3 is 10.2 Å². The van der Waals surface area contributed by atoms with Gasteiger partial charge in [-0.25, -0.2) is 8.42 Å². The Kier molecular flexibility index (Phi) is 4.57. The molecule has 1 aromatic rings. The Morgan fingerprint density at radius 2 is 2.05 bits per heavy atom. The summed E-state index contributed by atoms with van der Waals surface area (Å²) in [6.45, 7) is 2.29. The second-order valence-corrected chi connectivity index (χ2v) is 9.09. The van der Waals surface area contributed by atoms with E-state index in [-0.39, 0.29) is 5.75 Å². The summed E-state index contributed by atoms with van der Waals surface area (Å²) in [5.41, 5.74) is 2.36. The zero-order valence-corrected chi connectivity index (χ0v) is 14.4. The molecule has 0 radical (unpaired) electrons. The molecule has 0 bridgehead atoms. The van der Waals surface area contributed by atoms with E-state index in [0.717, 1.165) is 23.2 Å². The van der Waals surface area contributed by atoms with Crippen molar-refractivity contribution >= 4 is 31.5 Å².